The van der Waals surface area contributed by atoms with Gasteiger partial charge in [-0.25, -0.2) is 0 Å². The minimum atomic E-state index is -0.950. The van der Waals surface area contributed by atoms with Crippen LogP contribution in [0.4, 0.5) is 0 Å². The van der Waals surface area contributed by atoms with Gasteiger partial charge >= 0.3 is 0 Å². The molecule has 3 nitrogen and oxygen atoms in total. The normalized spacial score (nSPS) is 13.4. The number of aliphatic hydroxyl groups is 2. The van der Waals surface area contributed by atoms with Gasteiger partial charge in [0.15, 0.2) is 0 Å². The quantitative estimate of drug-likeness (QED) is 0.137. The molecule has 0 bridgehead atoms. The first-order chi connectivity index (χ1) is 18.2. The highest BCUT2D eigenvalue weighted by Crippen LogP contribution is 2.40. The summed E-state index contributed by atoms with van der Waals surface area (Å²) in [7, 11) is 0. The molecule has 0 aromatic heterocycles. The third kappa shape index (κ3) is 8.81. The maximum Gasteiger partial charge on any atom is 0.143 e. The fourth-order valence-electron chi connectivity index (χ4n) is 5.12. The number of aliphatic hydroxyl groups excluding tert-OH is 2. The monoisotopic (exact) mass is 502 g/mol. The van der Waals surface area contributed by atoms with E-state index >= 15 is 0 Å². The molecule has 0 spiro atoms. The Balaban J connectivity index is 1.59. The van der Waals surface area contributed by atoms with E-state index in [2.05, 4.69) is 43.3 Å². The number of ether oxygens (including phenoxy) is 1. The molecular weight excluding hydrogens is 456 g/mol. The van der Waals surface area contributed by atoms with E-state index in [1.165, 1.54) is 51.4 Å². The van der Waals surface area contributed by atoms with Crippen LogP contribution in [0.3, 0.4) is 0 Å². The zero-order valence-electron chi connectivity index (χ0n) is 22.6. The summed E-state index contributed by atoms with van der Waals surface area (Å²) in [5, 5.41) is 21.6. The lowest BCUT2D eigenvalue weighted by molar-refractivity contribution is -0.0802. The lowest BCUT2D eigenvalue weighted by Crippen LogP contribution is -2.39. The SMILES string of the molecule is CCCCCCCCCCCCC(O)[C@H](O)COC(c1ccccc1)(c1ccccc1)c1ccccc1. The molecule has 3 aromatic carbocycles. The maximum absolute atomic E-state index is 10.9. The van der Waals surface area contributed by atoms with Crippen molar-refractivity contribution in [1.29, 1.82) is 0 Å². The second kappa shape index (κ2) is 16.4. The largest absolute Gasteiger partial charge is 0.390 e. The minimum Gasteiger partial charge on any atom is -0.390 e. The second-order valence-electron chi connectivity index (χ2n) is 10.2. The molecule has 0 amide bonds. The lowest BCUT2D eigenvalue weighted by Gasteiger charge is -2.37. The Bertz CT molecular complexity index is 861. The molecule has 200 valence electrons. The number of rotatable bonds is 18. The highest BCUT2D eigenvalue weighted by Gasteiger charge is 2.38. The molecule has 3 aromatic rings. The molecular formula is C34H46O3. The van der Waals surface area contributed by atoms with Crippen molar-refractivity contribution in [2.45, 2.75) is 95.4 Å². The van der Waals surface area contributed by atoms with Gasteiger partial charge in [-0.15, -0.1) is 0 Å². The van der Waals surface area contributed by atoms with Crippen LogP contribution in [-0.2, 0) is 10.3 Å². The van der Waals surface area contributed by atoms with E-state index in [1.54, 1.807) is 0 Å². The zero-order chi connectivity index (χ0) is 26.2. The van der Waals surface area contributed by atoms with E-state index < -0.39 is 17.8 Å². The van der Waals surface area contributed by atoms with Crippen LogP contribution in [0.15, 0.2) is 91.0 Å². The molecule has 2 N–H and O–H groups in total. The van der Waals surface area contributed by atoms with E-state index in [9.17, 15) is 10.2 Å². The summed E-state index contributed by atoms with van der Waals surface area (Å²) in [5.41, 5.74) is 2.08. The summed E-state index contributed by atoms with van der Waals surface area (Å²) in [6.07, 6.45) is 11.4. The first-order valence-corrected chi connectivity index (χ1v) is 14.3. The predicted octanol–water partition coefficient (Wildman–Crippen LogP) is 8.03. The van der Waals surface area contributed by atoms with Gasteiger partial charge in [-0.2, -0.15) is 0 Å². The molecule has 0 radical (unpaired) electrons. The molecule has 3 rings (SSSR count). The summed E-state index contributed by atoms with van der Waals surface area (Å²) < 4.78 is 6.66. The van der Waals surface area contributed by atoms with Gasteiger partial charge in [-0.3, -0.25) is 0 Å². The van der Waals surface area contributed by atoms with Crippen molar-refractivity contribution in [1.82, 2.24) is 0 Å². The number of hydrogen-bond donors (Lipinski definition) is 2. The summed E-state index contributed by atoms with van der Waals surface area (Å²) in [4.78, 5) is 0. The van der Waals surface area contributed by atoms with Gasteiger partial charge < -0.3 is 14.9 Å². The van der Waals surface area contributed by atoms with Gasteiger partial charge in [0.2, 0.25) is 0 Å². The summed E-state index contributed by atoms with van der Waals surface area (Å²) in [5.74, 6) is 0. The molecule has 1 unspecified atom stereocenters. The molecule has 0 fully saturated rings. The van der Waals surface area contributed by atoms with Gasteiger partial charge in [0.1, 0.15) is 11.7 Å². The molecule has 3 heteroatoms. The molecule has 0 saturated carbocycles. The van der Waals surface area contributed by atoms with E-state index in [1.807, 2.05) is 54.6 Å². The van der Waals surface area contributed by atoms with E-state index in [0.717, 1.165) is 29.5 Å². The Morgan fingerprint density at radius 3 is 1.32 bits per heavy atom. The number of unbranched alkanes of at least 4 members (excludes halogenated alkanes) is 9. The van der Waals surface area contributed by atoms with E-state index in [0.29, 0.717) is 6.42 Å². The number of benzene rings is 3. The summed E-state index contributed by atoms with van der Waals surface area (Å²) >= 11 is 0. The van der Waals surface area contributed by atoms with Gasteiger partial charge in [0.25, 0.3) is 0 Å². The first kappa shape index (κ1) is 29.1. The van der Waals surface area contributed by atoms with Crippen molar-refractivity contribution in [3.63, 3.8) is 0 Å². The van der Waals surface area contributed by atoms with Crippen LogP contribution >= 0.6 is 0 Å². The molecule has 37 heavy (non-hydrogen) atoms. The summed E-state index contributed by atoms with van der Waals surface area (Å²) in [6.45, 7) is 2.29. The first-order valence-electron chi connectivity index (χ1n) is 14.3. The van der Waals surface area contributed by atoms with Crippen molar-refractivity contribution in [2.75, 3.05) is 6.61 Å². The Morgan fingerprint density at radius 1 is 0.541 bits per heavy atom. The van der Waals surface area contributed by atoms with Crippen LogP contribution in [0.5, 0.6) is 0 Å². The van der Waals surface area contributed by atoms with Gasteiger partial charge in [-0.1, -0.05) is 162 Å². The Morgan fingerprint density at radius 2 is 0.919 bits per heavy atom. The molecule has 0 heterocycles. The van der Waals surface area contributed by atoms with Gasteiger partial charge in [0.05, 0.1) is 12.7 Å². The van der Waals surface area contributed by atoms with Crippen molar-refractivity contribution < 1.29 is 14.9 Å². The van der Waals surface area contributed by atoms with Crippen LogP contribution in [0, 0.1) is 0 Å². The molecule has 0 aliphatic heterocycles. The van der Waals surface area contributed by atoms with Crippen molar-refractivity contribution in [3.05, 3.63) is 108 Å². The third-order valence-electron chi connectivity index (χ3n) is 7.31. The fourth-order valence-corrected chi connectivity index (χ4v) is 5.12. The van der Waals surface area contributed by atoms with Crippen LogP contribution in [0.1, 0.15) is 94.2 Å². The standard InChI is InChI=1S/C34H46O3/c1-2-3-4-5-6-7-8-9-10-20-27-32(35)33(36)28-37-34(29-21-14-11-15-22-29,30-23-16-12-17-24-30)31-25-18-13-19-26-31/h11-19,21-26,32-33,35-36H,2-10,20,27-28H2,1H3/t32?,33-/m1/s1. The van der Waals surface area contributed by atoms with E-state index in [-0.39, 0.29) is 6.61 Å². The summed E-state index contributed by atoms with van der Waals surface area (Å²) in [6, 6.07) is 30.4. The lowest BCUT2D eigenvalue weighted by atomic mass is 9.80. The Hall–Kier alpha value is -2.46. The topological polar surface area (TPSA) is 49.7 Å². The average Bonchev–Trinajstić information content (AvgIpc) is 2.96. The smallest absolute Gasteiger partial charge is 0.143 e. The predicted molar refractivity (Wildman–Crippen MR) is 154 cm³/mol. The van der Waals surface area contributed by atoms with Crippen LogP contribution in [-0.4, -0.2) is 29.0 Å². The molecule has 0 saturated heterocycles. The van der Waals surface area contributed by atoms with Crippen molar-refractivity contribution >= 4 is 0 Å². The van der Waals surface area contributed by atoms with Crippen LogP contribution in [0.2, 0.25) is 0 Å². The maximum atomic E-state index is 10.9. The fraction of sp³-hybridized carbons (Fsp3) is 0.471. The average molecular weight is 503 g/mol. The zero-order valence-corrected chi connectivity index (χ0v) is 22.6. The van der Waals surface area contributed by atoms with Gasteiger partial charge in [-0.05, 0) is 23.1 Å². The molecule has 0 aliphatic rings. The van der Waals surface area contributed by atoms with Crippen LogP contribution < -0.4 is 0 Å². The highest BCUT2D eigenvalue weighted by molar-refractivity contribution is 5.47. The number of hydrogen-bond acceptors (Lipinski definition) is 3. The Kier molecular flexibility index (Phi) is 12.9. The van der Waals surface area contributed by atoms with Crippen LogP contribution in [0.25, 0.3) is 0 Å². The Labute approximate surface area is 224 Å². The van der Waals surface area contributed by atoms with Crippen molar-refractivity contribution in [2.24, 2.45) is 0 Å². The van der Waals surface area contributed by atoms with Crippen molar-refractivity contribution in [3.8, 4) is 0 Å². The third-order valence-corrected chi connectivity index (χ3v) is 7.31. The molecule has 2 atom stereocenters. The molecule has 0 aliphatic carbocycles. The van der Waals surface area contributed by atoms with E-state index in [4.69, 9.17) is 4.74 Å². The minimum absolute atomic E-state index is 0.0393. The highest BCUT2D eigenvalue weighted by atomic mass is 16.5. The second-order valence-corrected chi connectivity index (χ2v) is 10.2. The van der Waals surface area contributed by atoms with Gasteiger partial charge in [0, 0.05) is 0 Å².